The van der Waals surface area contributed by atoms with Crippen LogP contribution in [-0.2, 0) is 16.1 Å². The van der Waals surface area contributed by atoms with E-state index in [9.17, 15) is 9.59 Å². The molecule has 3 aromatic rings. The summed E-state index contributed by atoms with van der Waals surface area (Å²) in [4.78, 5) is 29.7. The van der Waals surface area contributed by atoms with Crippen LogP contribution in [0.3, 0.4) is 0 Å². The molecule has 0 saturated carbocycles. The quantitative estimate of drug-likeness (QED) is 0.569. The van der Waals surface area contributed by atoms with Crippen molar-refractivity contribution in [3.8, 4) is 0 Å². The number of ether oxygens (including phenoxy) is 1. The fourth-order valence-electron chi connectivity index (χ4n) is 3.02. The first-order valence-corrected chi connectivity index (χ1v) is 9.93. The van der Waals surface area contributed by atoms with Gasteiger partial charge in [0.25, 0.3) is 5.91 Å². The second-order valence-electron chi connectivity index (χ2n) is 6.94. The standard InChI is InChI=1S/C23H23ClN2O3/c1-3-15(2)20(26-22(27)17-9-11-19(24)12-10-17)23(28)29-14-18-7-4-6-16-8-5-13-25-21(16)18/h4-13,15,20H,3,14H2,1-2H3,(H,26,27)/t15-,20-/m0/s1. The monoisotopic (exact) mass is 410 g/mol. The number of para-hydroxylation sites is 1. The molecule has 0 bridgehead atoms. The first kappa shape index (κ1) is 20.8. The number of hydrogen-bond donors (Lipinski definition) is 1. The predicted molar refractivity (Wildman–Crippen MR) is 114 cm³/mol. The van der Waals surface area contributed by atoms with E-state index in [1.165, 1.54) is 0 Å². The molecule has 3 rings (SSSR count). The van der Waals surface area contributed by atoms with Crippen LogP contribution in [0.1, 0.15) is 36.2 Å². The minimum Gasteiger partial charge on any atom is -0.459 e. The summed E-state index contributed by atoms with van der Waals surface area (Å²) < 4.78 is 5.56. The lowest BCUT2D eigenvalue weighted by Crippen LogP contribution is -2.45. The fraction of sp³-hybridized carbons (Fsp3) is 0.261. The second kappa shape index (κ2) is 9.52. The van der Waals surface area contributed by atoms with Crippen LogP contribution in [0.15, 0.2) is 60.8 Å². The van der Waals surface area contributed by atoms with E-state index in [0.29, 0.717) is 10.6 Å². The molecule has 1 aromatic heterocycles. The Balaban J connectivity index is 1.72. The van der Waals surface area contributed by atoms with Crippen molar-refractivity contribution in [1.82, 2.24) is 10.3 Å². The van der Waals surface area contributed by atoms with Crippen molar-refractivity contribution in [2.75, 3.05) is 0 Å². The molecule has 2 atom stereocenters. The van der Waals surface area contributed by atoms with E-state index in [1.54, 1.807) is 30.5 Å². The topological polar surface area (TPSA) is 68.3 Å². The van der Waals surface area contributed by atoms with Crippen molar-refractivity contribution in [2.24, 2.45) is 5.92 Å². The number of amides is 1. The summed E-state index contributed by atoms with van der Waals surface area (Å²) in [6, 6.07) is 15.4. The van der Waals surface area contributed by atoms with Crippen LogP contribution in [0.2, 0.25) is 5.02 Å². The smallest absolute Gasteiger partial charge is 0.329 e. The van der Waals surface area contributed by atoms with Crippen LogP contribution < -0.4 is 5.32 Å². The first-order valence-electron chi connectivity index (χ1n) is 9.55. The van der Waals surface area contributed by atoms with Crippen molar-refractivity contribution in [2.45, 2.75) is 32.9 Å². The lowest BCUT2D eigenvalue weighted by molar-refractivity contribution is -0.148. The number of nitrogens with one attached hydrogen (secondary N) is 1. The number of pyridine rings is 1. The Morgan fingerprint density at radius 3 is 2.55 bits per heavy atom. The number of hydrogen-bond acceptors (Lipinski definition) is 4. The highest BCUT2D eigenvalue weighted by molar-refractivity contribution is 6.30. The van der Waals surface area contributed by atoms with Crippen LogP contribution in [0.5, 0.6) is 0 Å². The summed E-state index contributed by atoms with van der Waals surface area (Å²) >= 11 is 5.88. The van der Waals surface area contributed by atoms with Gasteiger partial charge < -0.3 is 10.1 Å². The van der Waals surface area contributed by atoms with E-state index in [1.807, 2.05) is 44.2 Å². The van der Waals surface area contributed by atoms with Gasteiger partial charge in [-0.15, -0.1) is 0 Å². The molecule has 0 fully saturated rings. The number of benzene rings is 2. The van der Waals surface area contributed by atoms with Crippen LogP contribution >= 0.6 is 11.6 Å². The molecule has 0 radical (unpaired) electrons. The zero-order chi connectivity index (χ0) is 20.8. The van der Waals surface area contributed by atoms with Crippen molar-refractivity contribution in [3.05, 3.63) is 76.9 Å². The van der Waals surface area contributed by atoms with E-state index in [-0.39, 0.29) is 18.4 Å². The number of halogens is 1. The Bertz CT molecular complexity index is 999. The summed E-state index contributed by atoms with van der Waals surface area (Å²) in [6.07, 6.45) is 2.43. The van der Waals surface area contributed by atoms with E-state index in [2.05, 4.69) is 10.3 Å². The molecule has 0 aliphatic carbocycles. The van der Waals surface area contributed by atoms with E-state index in [0.717, 1.165) is 22.9 Å². The molecule has 6 heteroatoms. The van der Waals surface area contributed by atoms with Crippen LogP contribution in [0, 0.1) is 5.92 Å². The van der Waals surface area contributed by atoms with Crippen molar-refractivity contribution in [1.29, 1.82) is 0 Å². The third-order valence-electron chi connectivity index (χ3n) is 4.95. The number of esters is 1. The molecule has 5 nitrogen and oxygen atoms in total. The Morgan fingerprint density at radius 1 is 1.10 bits per heavy atom. The van der Waals surface area contributed by atoms with Gasteiger partial charge in [-0.2, -0.15) is 0 Å². The molecule has 0 spiro atoms. The average Bonchev–Trinajstić information content (AvgIpc) is 2.75. The maximum atomic E-state index is 12.8. The number of aromatic nitrogens is 1. The molecule has 0 aliphatic heterocycles. The third kappa shape index (κ3) is 5.12. The Kier molecular flexibility index (Phi) is 6.83. The molecule has 1 N–H and O–H groups in total. The van der Waals surface area contributed by atoms with Gasteiger partial charge in [0, 0.05) is 27.7 Å². The predicted octanol–water partition coefficient (Wildman–Crippen LogP) is 4.78. The number of carbonyl (C=O) groups excluding carboxylic acids is 2. The Labute approximate surface area is 175 Å². The molecule has 2 aromatic carbocycles. The van der Waals surface area contributed by atoms with Crippen molar-refractivity contribution in [3.63, 3.8) is 0 Å². The minimum absolute atomic E-state index is 0.0793. The van der Waals surface area contributed by atoms with E-state index < -0.39 is 12.0 Å². The van der Waals surface area contributed by atoms with Gasteiger partial charge in [-0.1, -0.05) is 56.1 Å². The van der Waals surface area contributed by atoms with Gasteiger partial charge in [0.2, 0.25) is 0 Å². The lowest BCUT2D eigenvalue weighted by atomic mass is 9.98. The number of nitrogens with zero attached hydrogens (tertiary/aromatic N) is 1. The molecule has 1 amide bonds. The average molecular weight is 411 g/mol. The maximum absolute atomic E-state index is 12.8. The van der Waals surface area contributed by atoms with Gasteiger partial charge in [-0.25, -0.2) is 4.79 Å². The molecular weight excluding hydrogens is 388 g/mol. The molecule has 1 heterocycles. The summed E-state index contributed by atoms with van der Waals surface area (Å²) in [5.41, 5.74) is 2.06. The number of fused-ring (bicyclic) bond motifs is 1. The zero-order valence-electron chi connectivity index (χ0n) is 16.4. The molecular formula is C23H23ClN2O3. The van der Waals surface area contributed by atoms with Crippen molar-refractivity contribution < 1.29 is 14.3 Å². The van der Waals surface area contributed by atoms with Crippen LogP contribution in [0.4, 0.5) is 0 Å². The molecule has 0 saturated heterocycles. The van der Waals surface area contributed by atoms with Crippen LogP contribution in [-0.4, -0.2) is 22.9 Å². The number of carbonyl (C=O) groups is 2. The summed E-state index contributed by atoms with van der Waals surface area (Å²) in [5.74, 6) is -0.880. The summed E-state index contributed by atoms with van der Waals surface area (Å²) in [6.45, 7) is 3.97. The van der Waals surface area contributed by atoms with Gasteiger partial charge in [0.05, 0.1) is 5.52 Å². The highest BCUT2D eigenvalue weighted by Crippen LogP contribution is 2.18. The normalized spacial score (nSPS) is 12.9. The molecule has 150 valence electrons. The third-order valence-corrected chi connectivity index (χ3v) is 5.20. The Morgan fingerprint density at radius 2 is 1.83 bits per heavy atom. The lowest BCUT2D eigenvalue weighted by Gasteiger charge is -2.23. The highest BCUT2D eigenvalue weighted by Gasteiger charge is 2.28. The highest BCUT2D eigenvalue weighted by atomic mass is 35.5. The van der Waals surface area contributed by atoms with Gasteiger partial charge in [-0.05, 0) is 36.2 Å². The van der Waals surface area contributed by atoms with Gasteiger partial charge in [-0.3, -0.25) is 9.78 Å². The van der Waals surface area contributed by atoms with E-state index >= 15 is 0 Å². The van der Waals surface area contributed by atoms with E-state index in [4.69, 9.17) is 16.3 Å². The van der Waals surface area contributed by atoms with Gasteiger partial charge in [0.1, 0.15) is 12.6 Å². The number of rotatable bonds is 7. The Hall–Kier alpha value is -2.92. The minimum atomic E-state index is -0.744. The molecule has 0 aliphatic rings. The largest absolute Gasteiger partial charge is 0.459 e. The zero-order valence-corrected chi connectivity index (χ0v) is 17.1. The van der Waals surface area contributed by atoms with Crippen LogP contribution in [0.25, 0.3) is 10.9 Å². The van der Waals surface area contributed by atoms with Gasteiger partial charge in [0.15, 0.2) is 0 Å². The maximum Gasteiger partial charge on any atom is 0.329 e. The SMILES string of the molecule is CC[C@H](C)[C@H](NC(=O)c1ccc(Cl)cc1)C(=O)OCc1cccc2cccnc12. The summed E-state index contributed by atoms with van der Waals surface area (Å²) in [7, 11) is 0. The summed E-state index contributed by atoms with van der Waals surface area (Å²) in [5, 5.41) is 4.33. The molecule has 0 unspecified atom stereocenters. The van der Waals surface area contributed by atoms with Crippen molar-refractivity contribution >= 4 is 34.4 Å². The second-order valence-corrected chi connectivity index (χ2v) is 7.38. The van der Waals surface area contributed by atoms with Gasteiger partial charge >= 0.3 is 5.97 Å². The first-order chi connectivity index (χ1) is 14.0. The molecule has 29 heavy (non-hydrogen) atoms. The fourth-order valence-corrected chi connectivity index (χ4v) is 3.14.